The van der Waals surface area contributed by atoms with Crippen LogP contribution in [0.1, 0.15) is 31.2 Å². The van der Waals surface area contributed by atoms with E-state index in [9.17, 15) is 9.59 Å². The highest BCUT2D eigenvalue weighted by Crippen LogP contribution is 2.28. The van der Waals surface area contributed by atoms with Gasteiger partial charge in [-0.25, -0.2) is 0 Å². The summed E-state index contributed by atoms with van der Waals surface area (Å²) in [6.45, 7) is 3.57. The average Bonchev–Trinajstić information content (AvgIpc) is 3.18. The van der Waals surface area contributed by atoms with E-state index >= 15 is 0 Å². The Bertz CT molecular complexity index is 1170. The predicted molar refractivity (Wildman–Crippen MR) is 145 cm³/mol. The summed E-state index contributed by atoms with van der Waals surface area (Å²) in [6, 6.07) is 24.2. The third kappa shape index (κ3) is 6.34. The molecule has 0 spiro atoms. The molecule has 2 heterocycles. The lowest BCUT2D eigenvalue weighted by Crippen LogP contribution is -2.47. The zero-order chi connectivity index (χ0) is 25.5. The molecule has 0 atom stereocenters. The Labute approximate surface area is 219 Å². The molecule has 7 nitrogen and oxygen atoms in total. The Morgan fingerprint density at radius 2 is 1.57 bits per heavy atom. The van der Waals surface area contributed by atoms with Crippen molar-refractivity contribution in [2.24, 2.45) is 5.92 Å². The normalized spacial score (nSPS) is 16.1. The first-order valence-electron chi connectivity index (χ1n) is 13.4. The molecule has 2 aromatic carbocycles. The first kappa shape index (κ1) is 24.9. The van der Waals surface area contributed by atoms with Crippen LogP contribution in [0, 0.1) is 5.92 Å². The molecule has 37 heavy (non-hydrogen) atoms. The molecule has 7 heteroatoms. The first-order valence-corrected chi connectivity index (χ1v) is 13.4. The van der Waals surface area contributed by atoms with E-state index < -0.39 is 0 Å². The number of nitrogens with zero attached hydrogens (tertiary/aromatic N) is 5. The molecule has 1 aliphatic heterocycles. The van der Waals surface area contributed by atoms with Gasteiger partial charge in [0, 0.05) is 44.2 Å². The van der Waals surface area contributed by atoms with Crippen LogP contribution in [0.15, 0.2) is 72.8 Å². The number of hydrogen-bond donors (Lipinski definition) is 0. The van der Waals surface area contributed by atoms with E-state index in [1.165, 1.54) is 5.56 Å². The van der Waals surface area contributed by atoms with Crippen LogP contribution in [-0.2, 0) is 16.0 Å². The number of carbonyl (C=O) groups is 2. The number of benzene rings is 2. The topological polar surface area (TPSA) is 69.6 Å². The predicted octanol–water partition coefficient (Wildman–Crippen LogP) is 4.05. The standard InChI is InChI=1S/C30H35N5O2/c36-29(23-35(30(37)26-13-7-14-26)20-17-24-9-3-1-4-10-24)34-19-8-18-33(21-22-34)28-16-15-27(31-32-28)25-11-5-2-6-12-25/h1-6,9-12,15-16,26H,7-8,13-14,17-23H2. The molecule has 0 bridgehead atoms. The minimum absolute atomic E-state index is 0.0353. The number of aromatic nitrogens is 2. The largest absolute Gasteiger partial charge is 0.353 e. The molecule has 2 amide bonds. The molecule has 2 fully saturated rings. The molecule has 192 valence electrons. The minimum Gasteiger partial charge on any atom is -0.353 e. The summed E-state index contributed by atoms with van der Waals surface area (Å²) in [6.07, 6.45) is 4.61. The number of carbonyl (C=O) groups excluding carboxylic acids is 2. The van der Waals surface area contributed by atoms with Crippen molar-refractivity contribution in [3.8, 4) is 11.3 Å². The second-order valence-electron chi connectivity index (χ2n) is 9.99. The lowest BCUT2D eigenvalue weighted by molar-refractivity contribution is -0.144. The molecule has 2 aliphatic rings. The second-order valence-corrected chi connectivity index (χ2v) is 9.99. The quantitative estimate of drug-likeness (QED) is 0.470. The van der Waals surface area contributed by atoms with Crippen LogP contribution >= 0.6 is 0 Å². The molecule has 5 rings (SSSR count). The van der Waals surface area contributed by atoms with Gasteiger partial charge in [0.05, 0.1) is 12.2 Å². The summed E-state index contributed by atoms with van der Waals surface area (Å²) in [5, 5.41) is 8.90. The summed E-state index contributed by atoms with van der Waals surface area (Å²) in [5.41, 5.74) is 3.08. The zero-order valence-corrected chi connectivity index (χ0v) is 21.3. The Morgan fingerprint density at radius 1 is 0.811 bits per heavy atom. The van der Waals surface area contributed by atoms with E-state index in [2.05, 4.69) is 27.2 Å². The van der Waals surface area contributed by atoms with Crippen molar-refractivity contribution in [3.63, 3.8) is 0 Å². The Balaban J connectivity index is 1.18. The highest BCUT2D eigenvalue weighted by atomic mass is 16.2. The van der Waals surface area contributed by atoms with Gasteiger partial charge < -0.3 is 14.7 Å². The van der Waals surface area contributed by atoms with Crippen LogP contribution in [0.5, 0.6) is 0 Å². The number of anilines is 1. The van der Waals surface area contributed by atoms with Gasteiger partial charge in [-0.05, 0) is 43.4 Å². The molecule has 0 unspecified atom stereocenters. The summed E-state index contributed by atoms with van der Waals surface area (Å²) >= 11 is 0. The van der Waals surface area contributed by atoms with Crippen molar-refractivity contribution in [2.45, 2.75) is 32.1 Å². The smallest absolute Gasteiger partial charge is 0.242 e. The van der Waals surface area contributed by atoms with E-state index in [0.717, 1.165) is 55.7 Å². The molecule has 3 aromatic rings. The van der Waals surface area contributed by atoms with Crippen LogP contribution in [0.3, 0.4) is 0 Å². The lowest BCUT2D eigenvalue weighted by atomic mass is 9.84. The summed E-state index contributed by atoms with van der Waals surface area (Å²) < 4.78 is 0. The van der Waals surface area contributed by atoms with E-state index in [-0.39, 0.29) is 24.3 Å². The SMILES string of the molecule is O=C(CN(CCc1ccccc1)C(=O)C1CCC1)N1CCCN(c2ccc(-c3ccccc3)nn2)CC1. The van der Waals surface area contributed by atoms with Gasteiger partial charge >= 0.3 is 0 Å². The number of hydrogen-bond acceptors (Lipinski definition) is 5. The van der Waals surface area contributed by atoms with Crippen molar-refractivity contribution >= 4 is 17.6 Å². The van der Waals surface area contributed by atoms with Gasteiger partial charge in [0.2, 0.25) is 11.8 Å². The number of amides is 2. The maximum Gasteiger partial charge on any atom is 0.242 e. The highest BCUT2D eigenvalue weighted by molar-refractivity contribution is 5.86. The first-order chi connectivity index (χ1) is 18.2. The maximum atomic E-state index is 13.3. The van der Waals surface area contributed by atoms with Gasteiger partial charge in [0.1, 0.15) is 0 Å². The average molecular weight is 498 g/mol. The monoisotopic (exact) mass is 497 g/mol. The van der Waals surface area contributed by atoms with Crippen LogP contribution in [0.25, 0.3) is 11.3 Å². The highest BCUT2D eigenvalue weighted by Gasteiger charge is 2.31. The van der Waals surface area contributed by atoms with Crippen LogP contribution in [0.2, 0.25) is 0 Å². The van der Waals surface area contributed by atoms with Gasteiger partial charge in [-0.2, -0.15) is 0 Å². The molecule has 1 saturated carbocycles. The summed E-state index contributed by atoms with van der Waals surface area (Å²) in [5.74, 6) is 1.09. The molecule has 0 N–H and O–H groups in total. The van der Waals surface area contributed by atoms with Gasteiger partial charge in [0.25, 0.3) is 0 Å². The summed E-state index contributed by atoms with van der Waals surface area (Å²) in [4.78, 5) is 32.4. The van der Waals surface area contributed by atoms with Crippen LogP contribution < -0.4 is 4.90 Å². The van der Waals surface area contributed by atoms with Crippen molar-refractivity contribution in [1.29, 1.82) is 0 Å². The fraction of sp³-hybridized carbons (Fsp3) is 0.400. The fourth-order valence-corrected chi connectivity index (χ4v) is 5.01. The third-order valence-corrected chi connectivity index (χ3v) is 7.50. The van der Waals surface area contributed by atoms with Crippen LogP contribution in [0.4, 0.5) is 5.82 Å². The molecule has 1 saturated heterocycles. The number of rotatable bonds is 8. The lowest BCUT2D eigenvalue weighted by Gasteiger charge is -2.33. The van der Waals surface area contributed by atoms with Gasteiger partial charge in [0.15, 0.2) is 5.82 Å². The van der Waals surface area contributed by atoms with Gasteiger partial charge in [-0.1, -0.05) is 67.1 Å². The van der Waals surface area contributed by atoms with E-state index in [1.807, 2.05) is 65.6 Å². The maximum absolute atomic E-state index is 13.3. The second kappa shape index (κ2) is 12.0. The summed E-state index contributed by atoms with van der Waals surface area (Å²) in [7, 11) is 0. The van der Waals surface area contributed by atoms with Gasteiger partial charge in [-0.3, -0.25) is 9.59 Å². The van der Waals surface area contributed by atoms with Crippen molar-refractivity contribution in [2.75, 3.05) is 44.2 Å². The fourth-order valence-electron chi connectivity index (χ4n) is 5.01. The Kier molecular flexibility index (Phi) is 8.08. The molecule has 1 aliphatic carbocycles. The van der Waals surface area contributed by atoms with Crippen molar-refractivity contribution in [1.82, 2.24) is 20.0 Å². The Hall–Kier alpha value is -3.74. The van der Waals surface area contributed by atoms with E-state index in [4.69, 9.17) is 0 Å². The van der Waals surface area contributed by atoms with E-state index in [0.29, 0.717) is 26.2 Å². The zero-order valence-electron chi connectivity index (χ0n) is 21.3. The van der Waals surface area contributed by atoms with Crippen molar-refractivity contribution < 1.29 is 9.59 Å². The molecular weight excluding hydrogens is 462 g/mol. The molecular formula is C30H35N5O2. The molecule has 0 radical (unpaired) electrons. The van der Waals surface area contributed by atoms with Gasteiger partial charge in [-0.15, -0.1) is 10.2 Å². The van der Waals surface area contributed by atoms with Crippen molar-refractivity contribution in [3.05, 3.63) is 78.4 Å². The Morgan fingerprint density at radius 3 is 2.24 bits per heavy atom. The third-order valence-electron chi connectivity index (χ3n) is 7.50. The van der Waals surface area contributed by atoms with E-state index in [1.54, 1.807) is 4.90 Å². The van der Waals surface area contributed by atoms with Crippen LogP contribution in [-0.4, -0.2) is 71.1 Å². The minimum atomic E-state index is 0.0353. The molecule has 1 aromatic heterocycles.